The third kappa shape index (κ3) is 2.62. The fourth-order valence-electron chi connectivity index (χ4n) is 4.03. The van der Waals surface area contributed by atoms with E-state index in [4.69, 9.17) is 0 Å². The fourth-order valence-corrected chi connectivity index (χ4v) is 4.03. The maximum Gasteiger partial charge on any atom is 0.334 e. The Hall–Kier alpha value is -2.63. The minimum atomic E-state index is -1.55. The monoisotopic (exact) mass is 347 g/mol. The first-order chi connectivity index (χ1) is 11.7. The summed E-state index contributed by atoms with van der Waals surface area (Å²) in [5.41, 5.74) is -0.801. The lowest BCUT2D eigenvalue weighted by atomic mass is 9.63. The number of carboxylic acids is 2. The van der Waals surface area contributed by atoms with Gasteiger partial charge < -0.3 is 15.1 Å². The number of benzene rings is 1. The van der Waals surface area contributed by atoms with Gasteiger partial charge in [0.15, 0.2) is 0 Å². The van der Waals surface area contributed by atoms with Crippen molar-refractivity contribution < 1.29 is 24.2 Å². The van der Waals surface area contributed by atoms with E-state index < -0.39 is 23.2 Å². The minimum absolute atomic E-state index is 0.0711. The first-order valence-corrected chi connectivity index (χ1v) is 8.15. The van der Waals surface area contributed by atoms with Crippen molar-refractivity contribution in [3.63, 3.8) is 0 Å². The predicted octanol–water partition coefficient (Wildman–Crippen LogP) is 3.53. The SMILES string of the molecule is CCN1C(C)=C(C(=O)O)C(CC)(c2ccccc2F)C(C(=O)O)=C1C. The number of halogens is 1. The number of allylic oxidation sites excluding steroid dienone is 2. The molecule has 0 amide bonds. The molecular weight excluding hydrogens is 325 g/mol. The molecule has 0 spiro atoms. The summed E-state index contributed by atoms with van der Waals surface area (Å²) >= 11 is 0. The van der Waals surface area contributed by atoms with E-state index in [2.05, 4.69) is 0 Å². The van der Waals surface area contributed by atoms with Crippen molar-refractivity contribution in [1.82, 2.24) is 4.90 Å². The van der Waals surface area contributed by atoms with Crippen molar-refractivity contribution in [3.05, 3.63) is 58.2 Å². The van der Waals surface area contributed by atoms with Crippen LogP contribution in [0.1, 0.15) is 39.7 Å². The van der Waals surface area contributed by atoms with Gasteiger partial charge in [0.2, 0.25) is 0 Å². The van der Waals surface area contributed by atoms with E-state index >= 15 is 0 Å². The van der Waals surface area contributed by atoms with Crippen LogP contribution in [0.5, 0.6) is 0 Å². The topological polar surface area (TPSA) is 77.8 Å². The van der Waals surface area contributed by atoms with Gasteiger partial charge in [0, 0.05) is 23.5 Å². The van der Waals surface area contributed by atoms with Crippen molar-refractivity contribution >= 4 is 11.9 Å². The molecule has 0 bridgehead atoms. The maximum atomic E-state index is 14.7. The Morgan fingerprint density at radius 3 is 1.88 bits per heavy atom. The van der Waals surface area contributed by atoms with E-state index in [1.807, 2.05) is 6.92 Å². The lowest BCUT2D eigenvalue weighted by Gasteiger charge is -2.44. The summed E-state index contributed by atoms with van der Waals surface area (Å²) in [6, 6.07) is 5.78. The molecule has 0 atom stereocenters. The Morgan fingerprint density at radius 2 is 1.52 bits per heavy atom. The molecule has 0 unspecified atom stereocenters. The molecule has 1 aromatic carbocycles. The van der Waals surface area contributed by atoms with Gasteiger partial charge in [-0.2, -0.15) is 0 Å². The molecular formula is C19H22FNO4. The van der Waals surface area contributed by atoms with E-state index in [0.29, 0.717) is 17.9 Å². The van der Waals surface area contributed by atoms with Crippen LogP contribution in [0.2, 0.25) is 0 Å². The molecule has 0 radical (unpaired) electrons. The number of hydrogen-bond acceptors (Lipinski definition) is 3. The van der Waals surface area contributed by atoms with Crippen LogP contribution in [0, 0.1) is 5.82 Å². The zero-order chi connectivity index (χ0) is 18.9. The Kier molecular flexibility index (Phi) is 5.02. The summed E-state index contributed by atoms with van der Waals surface area (Å²) < 4.78 is 14.7. The lowest BCUT2D eigenvalue weighted by molar-refractivity contribution is -0.134. The van der Waals surface area contributed by atoms with Crippen molar-refractivity contribution in [3.8, 4) is 0 Å². The molecule has 6 heteroatoms. The van der Waals surface area contributed by atoms with Crippen LogP contribution in [0.25, 0.3) is 0 Å². The molecule has 0 saturated heterocycles. The van der Waals surface area contributed by atoms with Crippen molar-refractivity contribution in [2.75, 3.05) is 6.54 Å². The van der Waals surface area contributed by atoms with Crippen LogP contribution >= 0.6 is 0 Å². The van der Waals surface area contributed by atoms with Gasteiger partial charge in [-0.05, 0) is 33.3 Å². The molecule has 25 heavy (non-hydrogen) atoms. The van der Waals surface area contributed by atoms with E-state index in [1.165, 1.54) is 18.2 Å². The largest absolute Gasteiger partial charge is 0.478 e. The minimum Gasteiger partial charge on any atom is -0.478 e. The molecule has 5 nitrogen and oxygen atoms in total. The van der Waals surface area contributed by atoms with Crippen LogP contribution in [0.15, 0.2) is 46.8 Å². The van der Waals surface area contributed by atoms with Crippen LogP contribution in [0.4, 0.5) is 4.39 Å². The van der Waals surface area contributed by atoms with E-state index in [9.17, 15) is 24.2 Å². The van der Waals surface area contributed by atoms with E-state index in [-0.39, 0.29) is 23.1 Å². The van der Waals surface area contributed by atoms with Gasteiger partial charge in [0.1, 0.15) is 5.82 Å². The Bertz CT molecular complexity index is 756. The van der Waals surface area contributed by atoms with Crippen molar-refractivity contribution in [2.45, 2.75) is 39.5 Å². The summed E-state index contributed by atoms with van der Waals surface area (Å²) in [7, 11) is 0. The Balaban J connectivity index is 3.03. The fraction of sp³-hybridized carbons (Fsp3) is 0.368. The molecule has 1 aromatic rings. The highest BCUT2D eigenvalue weighted by molar-refractivity contribution is 6.00. The lowest BCUT2D eigenvalue weighted by Crippen LogP contribution is -2.46. The Labute approximate surface area is 146 Å². The smallest absolute Gasteiger partial charge is 0.334 e. The summed E-state index contributed by atoms with van der Waals surface area (Å²) in [6.07, 6.45) is 0.115. The molecule has 0 aromatic heterocycles. The molecule has 1 aliphatic rings. The second-order valence-electron chi connectivity index (χ2n) is 6.01. The van der Waals surface area contributed by atoms with Crippen LogP contribution in [0.3, 0.4) is 0 Å². The summed E-state index contributed by atoms with van der Waals surface area (Å²) in [5.74, 6) is -3.10. The summed E-state index contributed by atoms with van der Waals surface area (Å²) in [6.45, 7) is 7.19. The number of carbonyl (C=O) groups is 2. The predicted molar refractivity (Wildman–Crippen MR) is 91.4 cm³/mol. The third-order valence-corrected chi connectivity index (χ3v) is 4.99. The molecule has 1 heterocycles. The van der Waals surface area contributed by atoms with Gasteiger partial charge in [-0.1, -0.05) is 25.1 Å². The molecule has 2 rings (SSSR count). The average Bonchev–Trinajstić information content (AvgIpc) is 2.54. The number of aliphatic carboxylic acids is 2. The standard InChI is InChI=1S/C19H22FNO4/c1-5-19(13-9-7-8-10-14(13)20)15(17(22)23)11(3)21(6-2)12(4)16(19)18(24)25/h7-10H,5-6H2,1-4H3,(H,22,23)(H,24,25). The third-order valence-electron chi connectivity index (χ3n) is 4.99. The molecule has 134 valence electrons. The van der Waals surface area contributed by atoms with Crippen molar-refractivity contribution in [1.29, 1.82) is 0 Å². The molecule has 0 fully saturated rings. The summed E-state index contributed by atoms with van der Waals surface area (Å²) in [5, 5.41) is 19.8. The van der Waals surface area contributed by atoms with E-state index in [0.717, 1.165) is 0 Å². The number of nitrogens with zero attached hydrogens (tertiary/aromatic N) is 1. The second-order valence-corrected chi connectivity index (χ2v) is 6.01. The van der Waals surface area contributed by atoms with Gasteiger partial charge in [-0.3, -0.25) is 0 Å². The van der Waals surface area contributed by atoms with Crippen LogP contribution in [-0.2, 0) is 15.0 Å². The van der Waals surface area contributed by atoms with Crippen LogP contribution < -0.4 is 0 Å². The van der Waals surface area contributed by atoms with Gasteiger partial charge in [0.05, 0.1) is 16.6 Å². The first-order valence-electron chi connectivity index (χ1n) is 8.15. The van der Waals surface area contributed by atoms with Crippen LogP contribution in [-0.4, -0.2) is 33.6 Å². The molecule has 2 N–H and O–H groups in total. The maximum absolute atomic E-state index is 14.7. The second kappa shape index (κ2) is 6.70. The highest BCUT2D eigenvalue weighted by Crippen LogP contribution is 2.50. The quantitative estimate of drug-likeness (QED) is 0.852. The summed E-state index contributed by atoms with van der Waals surface area (Å²) in [4.78, 5) is 25.9. The average molecular weight is 347 g/mol. The number of carboxylic acid groups (broad SMARTS) is 2. The highest BCUT2D eigenvalue weighted by atomic mass is 19.1. The number of hydrogen-bond donors (Lipinski definition) is 2. The highest BCUT2D eigenvalue weighted by Gasteiger charge is 2.51. The van der Waals surface area contributed by atoms with Gasteiger partial charge >= 0.3 is 11.9 Å². The zero-order valence-electron chi connectivity index (χ0n) is 14.8. The molecule has 0 aliphatic carbocycles. The number of rotatable bonds is 5. The molecule has 1 aliphatic heterocycles. The van der Waals surface area contributed by atoms with Gasteiger partial charge in [0.25, 0.3) is 0 Å². The Morgan fingerprint density at radius 1 is 1.04 bits per heavy atom. The van der Waals surface area contributed by atoms with Gasteiger partial charge in [-0.15, -0.1) is 0 Å². The molecule has 0 saturated carbocycles. The zero-order valence-corrected chi connectivity index (χ0v) is 14.8. The van der Waals surface area contributed by atoms with Crippen molar-refractivity contribution in [2.24, 2.45) is 0 Å². The normalized spacial score (nSPS) is 17.1. The van der Waals surface area contributed by atoms with Gasteiger partial charge in [-0.25, -0.2) is 14.0 Å². The first kappa shape index (κ1) is 18.7. The van der Waals surface area contributed by atoms with E-state index in [1.54, 1.807) is 31.7 Å².